The van der Waals surface area contributed by atoms with Crippen LogP contribution in [-0.4, -0.2) is 28.2 Å². The molecule has 0 saturated heterocycles. The Kier molecular flexibility index (Phi) is 5.40. The highest BCUT2D eigenvalue weighted by Crippen LogP contribution is 2.27. The number of nitrogens with two attached hydrogens (primary N) is 1. The number of methoxy groups -OCH3 is 1. The molecule has 18 heavy (non-hydrogen) atoms. The number of hydrogen-bond acceptors (Lipinski definition) is 4. The molecule has 0 bridgehead atoms. The summed E-state index contributed by atoms with van der Waals surface area (Å²) in [6.45, 7) is 2.16. The molecule has 102 valence electrons. The van der Waals surface area contributed by atoms with Crippen molar-refractivity contribution in [3.63, 3.8) is 0 Å². The summed E-state index contributed by atoms with van der Waals surface area (Å²) in [6.07, 6.45) is 0.609. The van der Waals surface area contributed by atoms with Gasteiger partial charge in [-0.05, 0) is 18.6 Å². The highest BCUT2D eigenvalue weighted by molar-refractivity contribution is 7.89. The Bertz CT molecular complexity index is 485. The molecule has 0 fully saturated rings. The topological polar surface area (TPSA) is 81.4 Å². The van der Waals surface area contributed by atoms with E-state index in [2.05, 4.69) is 4.72 Å². The van der Waals surface area contributed by atoms with Gasteiger partial charge in [0, 0.05) is 13.2 Å². The molecule has 0 spiro atoms. The Balaban J connectivity index is 3.06. The average Bonchev–Trinajstić information content (AvgIpc) is 2.27. The van der Waals surface area contributed by atoms with Gasteiger partial charge in [-0.2, -0.15) is 0 Å². The van der Waals surface area contributed by atoms with E-state index in [1.165, 1.54) is 19.2 Å². The number of anilines is 1. The minimum absolute atomic E-state index is 0.0822. The van der Waals surface area contributed by atoms with Crippen molar-refractivity contribution in [1.82, 2.24) is 4.72 Å². The van der Waals surface area contributed by atoms with Gasteiger partial charge >= 0.3 is 0 Å². The number of halogens is 1. The minimum Gasteiger partial charge on any atom is -0.398 e. The molecule has 0 heterocycles. The molecule has 0 amide bonds. The predicted molar refractivity (Wildman–Crippen MR) is 72.1 cm³/mol. The van der Waals surface area contributed by atoms with Crippen molar-refractivity contribution < 1.29 is 13.2 Å². The Morgan fingerprint density at radius 2 is 2.17 bits per heavy atom. The zero-order valence-electron chi connectivity index (χ0n) is 10.3. The molecular weight excluding hydrogens is 276 g/mol. The van der Waals surface area contributed by atoms with Gasteiger partial charge < -0.3 is 10.5 Å². The second-order valence-electron chi connectivity index (χ2n) is 3.84. The smallest absolute Gasteiger partial charge is 0.244 e. The van der Waals surface area contributed by atoms with Gasteiger partial charge in [0.25, 0.3) is 0 Å². The molecule has 1 rings (SSSR count). The van der Waals surface area contributed by atoms with Crippen molar-refractivity contribution in [2.45, 2.75) is 24.3 Å². The van der Waals surface area contributed by atoms with E-state index >= 15 is 0 Å². The molecule has 0 saturated carbocycles. The first-order valence-corrected chi connectivity index (χ1v) is 7.33. The maximum atomic E-state index is 12.2. The van der Waals surface area contributed by atoms with Gasteiger partial charge in [-0.1, -0.05) is 24.6 Å². The van der Waals surface area contributed by atoms with Gasteiger partial charge in [0.1, 0.15) is 4.90 Å². The Morgan fingerprint density at radius 3 is 2.67 bits per heavy atom. The Morgan fingerprint density at radius 1 is 1.50 bits per heavy atom. The third kappa shape index (κ3) is 3.58. The lowest BCUT2D eigenvalue weighted by Crippen LogP contribution is -2.37. The summed E-state index contributed by atoms with van der Waals surface area (Å²) in [5, 5.41) is 0.106. The van der Waals surface area contributed by atoms with E-state index in [9.17, 15) is 8.42 Å². The van der Waals surface area contributed by atoms with E-state index in [0.717, 1.165) is 0 Å². The van der Waals surface area contributed by atoms with Gasteiger partial charge in [-0.25, -0.2) is 13.1 Å². The van der Waals surface area contributed by atoms with Gasteiger partial charge in [-0.15, -0.1) is 0 Å². The molecule has 0 aliphatic rings. The van der Waals surface area contributed by atoms with Crippen LogP contribution in [0.5, 0.6) is 0 Å². The summed E-state index contributed by atoms with van der Waals surface area (Å²) in [5.41, 5.74) is 5.79. The first kappa shape index (κ1) is 15.2. The van der Waals surface area contributed by atoms with Crippen molar-refractivity contribution in [2.75, 3.05) is 19.5 Å². The first-order valence-electron chi connectivity index (χ1n) is 5.47. The van der Waals surface area contributed by atoms with Crippen LogP contribution in [0.3, 0.4) is 0 Å². The number of hydrogen-bond donors (Lipinski definition) is 2. The second kappa shape index (κ2) is 6.38. The van der Waals surface area contributed by atoms with Crippen LogP contribution in [0.1, 0.15) is 13.3 Å². The summed E-state index contributed by atoms with van der Waals surface area (Å²) in [5.74, 6) is 0. The predicted octanol–water partition coefficient (Wildman–Crippen LogP) is 1.63. The van der Waals surface area contributed by atoms with Crippen LogP contribution < -0.4 is 10.5 Å². The second-order valence-corrected chi connectivity index (χ2v) is 5.90. The monoisotopic (exact) mass is 292 g/mol. The summed E-state index contributed by atoms with van der Waals surface area (Å²) < 4.78 is 31.8. The largest absolute Gasteiger partial charge is 0.398 e. The number of nitrogen functional groups attached to an aromatic ring is 1. The lowest BCUT2D eigenvalue weighted by molar-refractivity contribution is 0.173. The molecule has 0 aliphatic heterocycles. The number of nitrogens with one attached hydrogen (secondary N) is 1. The fourth-order valence-corrected chi connectivity index (χ4v) is 3.50. The minimum atomic E-state index is -3.74. The quantitative estimate of drug-likeness (QED) is 0.781. The zero-order valence-corrected chi connectivity index (χ0v) is 11.9. The molecular formula is C11H17ClN2O3S. The van der Waals surface area contributed by atoms with E-state index in [4.69, 9.17) is 22.1 Å². The van der Waals surface area contributed by atoms with Crippen LogP contribution >= 0.6 is 11.6 Å². The number of sulfonamides is 1. The van der Waals surface area contributed by atoms with Crippen molar-refractivity contribution in [3.8, 4) is 0 Å². The standard InChI is InChI=1S/C11H17ClN2O3S/c1-3-8(7-17-2)14-18(15,16)11-9(12)5-4-6-10(11)13/h4-6,8,14H,3,7,13H2,1-2H3. The van der Waals surface area contributed by atoms with Crippen molar-refractivity contribution in [3.05, 3.63) is 23.2 Å². The summed E-state index contributed by atoms with van der Waals surface area (Å²) in [7, 11) is -2.23. The van der Waals surface area contributed by atoms with Crippen LogP contribution in [-0.2, 0) is 14.8 Å². The molecule has 1 aromatic carbocycles. The lowest BCUT2D eigenvalue weighted by Gasteiger charge is -2.17. The van der Waals surface area contributed by atoms with E-state index in [1.807, 2.05) is 6.92 Å². The Labute approximate surface area is 112 Å². The van der Waals surface area contributed by atoms with Crippen LogP contribution in [0.2, 0.25) is 5.02 Å². The normalized spacial score (nSPS) is 13.5. The van der Waals surface area contributed by atoms with Crippen LogP contribution in [0.4, 0.5) is 5.69 Å². The molecule has 0 aliphatic carbocycles. The zero-order chi connectivity index (χ0) is 13.8. The third-order valence-corrected chi connectivity index (χ3v) is 4.51. The molecule has 1 unspecified atom stereocenters. The van der Waals surface area contributed by atoms with Crippen LogP contribution in [0, 0.1) is 0 Å². The number of ether oxygens (including phenoxy) is 1. The molecule has 0 radical (unpaired) electrons. The maximum Gasteiger partial charge on any atom is 0.244 e. The van der Waals surface area contributed by atoms with Crippen LogP contribution in [0.15, 0.2) is 23.1 Å². The van der Waals surface area contributed by atoms with Gasteiger partial charge in [0.2, 0.25) is 10.0 Å². The van der Waals surface area contributed by atoms with E-state index in [-0.39, 0.29) is 21.6 Å². The molecule has 1 atom stereocenters. The van der Waals surface area contributed by atoms with Crippen LogP contribution in [0.25, 0.3) is 0 Å². The third-order valence-electron chi connectivity index (χ3n) is 2.45. The van der Waals surface area contributed by atoms with Crippen molar-refractivity contribution in [2.24, 2.45) is 0 Å². The highest BCUT2D eigenvalue weighted by Gasteiger charge is 2.23. The van der Waals surface area contributed by atoms with Gasteiger partial charge in [0.15, 0.2) is 0 Å². The average molecular weight is 293 g/mol. The number of rotatable bonds is 6. The summed E-state index contributed by atoms with van der Waals surface area (Å²) in [4.78, 5) is -0.0822. The molecule has 0 aromatic heterocycles. The van der Waals surface area contributed by atoms with E-state index in [1.54, 1.807) is 6.07 Å². The summed E-state index contributed by atoms with van der Waals surface area (Å²) >= 11 is 5.89. The highest BCUT2D eigenvalue weighted by atomic mass is 35.5. The molecule has 3 N–H and O–H groups in total. The van der Waals surface area contributed by atoms with Crippen molar-refractivity contribution in [1.29, 1.82) is 0 Å². The van der Waals surface area contributed by atoms with Gasteiger partial charge in [-0.3, -0.25) is 0 Å². The fourth-order valence-electron chi connectivity index (χ4n) is 1.52. The number of benzene rings is 1. The Hall–Kier alpha value is -0.820. The van der Waals surface area contributed by atoms with E-state index in [0.29, 0.717) is 13.0 Å². The molecule has 1 aromatic rings. The summed E-state index contributed by atoms with van der Waals surface area (Å²) in [6, 6.07) is 4.28. The van der Waals surface area contributed by atoms with Gasteiger partial charge in [0.05, 0.1) is 17.3 Å². The van der Waals surface area contributed by atoms with Crippen molar-refractivity contribution >= 4 is 27.3 Å². The first-order chi connectivity index (χ1) is 8.42. The molecule has 7 heteroatoms. The maximum absolute atomic E-state index is 12.2. The SMILES string of the molecule is CCC(COC)NS(=O)(=O)c1c(N)cccc1Cl. The lowest BCUT2D eigenvalue weighted by atomic mass is 10.3. The molecule has 5 nitrogen and oxygen atoms in total. The fraction of sp³-hybridized carbons (Fsp3) is 0.455. The van der Waals surface area contributed by atoms with E-state index < -0.39 is 10.0 Å².